The highest BCUT2D eigenvalue weighted by Crippen LogP contribution is 2.16. The SMILES string of the molecule is N#Cc1ccccc1OCCCOCc1ccccc1F. The summed E-state index contributed by atoms with van der Waals surface area (Å²) in [5, 5.41) is 8.92. The fraction of sp³-hybridized carbons (Fsp3) is 0.235. The van der Waals surface area contributed by atoms with Gasteiger partial charge in [-0.25, -0.2) is 4.39 Å². The molecule has 0 saturated heterocycles. The van der Waals surface area contributed by atoms with Crippen LogP contribution in [-0.4, -0.2) is 13.2 Å². The van der Waals surface area contributed by atoms with Gasteiger partial charge in [0.2, 0.25) is 0 Å². The Kier molecular flexibility index (Phi) is 5.74. The van der Waals surface area contributed by atoms with Gasteiger partial charge in [-0.15, -0.1) is 0 Å². The molecule has 0 aromatic heterocycles. The molecule has 0 saturated carbocycles. The summed E-state index contributed by atoms with van der Waals surface area (Å²) in [6.45, 7) is 1.18. The van der Waals surface area contributed by atoms with Crippen LogP contribution in [0.5, 0.6) is 5.75 Å². The van der Waals surface area contributed by atoms with Gasteiger partial charge in [-0.2, -0.15) is 5.26 Å². The van der Waals surface area contributed by atoms with Crippen LogP contribution in [0.15, 0.2) is 48.5 Å². The van der Waals surface area contributed by atoms with Gasteiger partial charge in [-0.1, -0.05) is 30.3 Å². The van der Waals surface area contributed by atoms with E-state index in [-0.39, 0.29) is 12.4 Å². The van der Waals surface area contributed by atoms with Gasteiger partial charge in [0, 0.05) is 12.0 Å². The first-order valence-corrected chi connectivity index (χ1v) is 6.74. The fourth-order valence-corrected chi connectivity index (χ4v) is 1.83. The molecule has 108 valence electrons. The fourth-order valence-electron chi connectivity index (χ4n) is 1.83. The molecule has 0 aliphatic rings. The molecule has 0 fully saturated rings. The van der Waals surface area contributed by atoms with Crippen molar-refractivity contribution >= 4 is 0 Å². The number of ether oxygens (including phenoxy) is 2. The molecule has 0 aliphatic heterocycles. The molecule has 0 N–H and O–H groups in total. The van der Waals surface area contributed by atoms with E-state index in [0.29, 0.717) is 36.5 Å². The minimum Gasteiger partial charge on any atom is -0.492 e. The van der Waals surface area contributed by atoms with Crippen molar-refractivity contribution in [1.82, 2.24) is 0 Å². The highest BCUT2D eigenvalue weighted by Gasteiger charge is 2.02. The van der Waals surface area contributed by atoms with Gasteiger partial charge in [0.25, 0.3) is 0 Å². The van der Waals surface area contributed by atoms with Crippen molar-refractivity contribution in [3.63, 3.8) is 0 Å². The van der Waals surface area contributed by atoms with Crippen molar-refractivity contribution in [2.75, 3.05) is 13.2 Å². The number of para-hydroxylation sites is 1. The summed E-state index contributed by atoms with van der Waals surface area (Å²) in [5.74, 6) is 0.325. The predicted molar refractivity (Wildman–Crippen MR) is 77.3 cm³/mol. The predicted octanol–water partition coefficient (Wildman–Crippen LogP) is 3.68. The molecule has 2 aromatic rings. The minimum absolute atomic E-state index is 0.251. The molecule has 3 nitrogen and oxygen atoms in total. The third kappa shape index (κ3) is 4.59. The zero-order valence-electron chi connectivity index (χ0n) is 11.6. The molecule has 0 unspecified atom stereocenters. The smallest absolute Gasteiger partial charge is 0.137 e. The second-order valence-corrected chi connectivity index (χ2v) is 4.45. The monoisotopic (exact) mass is 285 g/mol. The Morgan fingerprint density at radius 2 is 1.76 bits per heavy atom. The minimum atomic E-state index is -0.253. The first-order chi connectivity index (χ1) is 10.3. The van der Waals surface area contributed by atoms with Gasteiger partial charge in [0.1, 0.15) is 17.6 Å². The molecule has 0 heterocycles. The Hall–Kier alpha value is -2.38. The van der Waals surface area contributed by atoms with Crippen LogP contribution in [0.1, 0.15) is 17.5 Å². The van der Waals surface area contributed by atoms with Crippen molar-refractivity contribution in [3.8, 4) is 11.8 Å². The Labute approximate surface area is 123 Å². The number of hydrogen-bond donors (Lipinski definition) is 0. The van der Waals surface area contributed by atoms with Crippen molar-refractivity contribution in [2.24, 2.45) is 0 Å². The molecule has 0 bridgehead atoms. The van der Waals surface area contributed by atoms with E-state index in [1.807, 2.05) is 6.07 Å². The zero-order valence-corrected chi connectivity index (χ0v) is 11.6. The van der Waals surface area contributed by atoms with E-state index < -0.39 is 0 Å². The molecule has 0 amide bonds. The zero-order chi connectivity index (χ0) is 14.9. The molecule has 2 rings (SSSR count). The summed E-state index contributed by atoms with van der Waals surface area (Å²) in [6, 6.07) is 15.7. The van der Waals surface area contributed by atoms with E-state index in [4.69, 9.17) is 14.7 Å². The molecule has 0 spiro atoms. The second-order valence-electron chi connectivity index (χ2n) is 4.45. The quantitative estimate of drug-likeness (QED) is 0.729. The number of rotatable bonds is 7. The Morgan fingerprint density at radius 3 is 2.57 bits per heavy atom. The van der Waals surface area contributed by atoms with E-state index in [2.05, 4.69) is 6.07 Å². The number of nitriles is 1. The molecular formula is C17H16FNO2. The van der Waals surface area contributed by atoms with Crippen LogP contribution in [0.2, 0.25) is 0 Å². The number of benzene rings is 2. The molecule has 0 aliphatic carbocycles. The van der Waals surface area contributed by atoms with E-state index in [1.165, 1.54) is 6.07 Å². The van der Waals surface area contributed by atoms with E-state index in [1.54, 1.807) is 36.4 Å². The largest absolute Gasteiger partial charge is 0.492 e. The van der Waals surface area contributed by atoms with Crippen LogP contribution >= 0.6 is 0 Å². The standard InChI is InChI=1S/C17H16FNO2/c18-16-8-3-1-7-15(16)13-20-10-5-11-21-17-9-4-2-6-14(17)12-19/h1-4,6-9H,5,10-11,13H2. The molecule has 0 radical (unpaired) electrons. The van der Waals surface area contributed by atoms with E-state index >= 15 is 0 Å². The Morgan fingerprint density at radius 1 is 1.00 bits per heavy atom. The average molecular weight is 285 g/mol. The maximum Gasteiger partial charge on any atom is 0.137 e. The summed E-state index contributed by atoms with van der Waals surface area (Å²) in [6.07, 6.45) is 0.675. The van der Waals surface area contributed by atoms with Crippen molar-refractivity contribution in [3.05, 3.63) is 65.5 Å². The van der Waals surface area contributed by atoms with Crippen molar-refractivity contribution in [1.29, 1.82) is 5.26 Å². The first kappa shape index (κ1) is 15.0. The molecule has 0 atom stereocenters. The topological polar surface area (TPSA) is 42.2 Å². The van der Waals surface area contributed by atoms with Crippen LogP contribution in [0.3, 0.4) is 0 Å². The molecule has 21 heavy (non-hydrogen) atoms. The van der Waals surface area contributed by atoms with Crippen LogP contribution in [-0.2, 0) is 11.3 Å². The Bertz CT molecular complexity index is 622. The highest BCUT2D eigenvalue weighted by atomic mass is 19.1. The van der Waals surface area contributed by atoms with E-state index in [0.717, 1.165) is 0 Å². The highest BCUT2D eigenvalue weighted by molar-refractivity contribution is 5.42. The normalized spacial score (nSPS) is 10.1. The third-order valence-electron chi connectivity index (χ3n) is 2.91. The average Bonchev–Trinajstić information content (AvgIpc) is 2.52. The summed E-state index contributed by atoms with van der Waals surface area (Å²) in [7, 11) is 0. The number of hydrogen-bond acceptors (Lipinski definition) is 3. The van der Waals surface area contributed by atoms with Gasteiger partial charge < -0.3 is 9.47 Å². The number of nitrogens with zero attached hydrogens (tertiary/aromatic N) is 1. The van der Waals surface area contributed by atoms with Gasteiger partial charge in [0.05, 0.1) is 25.4 Å². The van der Waals surface area contributed by atoms with Gasteiger partial charge in [-0.3, -0.25) is 0 Å². The molecular weight excluding hydrogens is 269 g/mol. The van der Waals surface area contributed by atoms with Gasteiger partial charge in [0.15, 0.2) is 0 Å². The van der Waals surface area contributed by atoms with E-state index in [9.17, 15) is 4.39 Å². The molecule has 4 heteroatoms. The lowest BCUT2D eigenvalue weighted by Crippen LogP contribution is -2.04. The Balaban J connectivity index is 1.67. The summed E-state index contributed by atoms with van der Waals surface area (Å²) in [4.78, 5) is 0. The van der Waals surface area contributed by atoms with Crippen LogP contribution in [0.4, 0.5) is 4.39 Å². The lowest BCUT2D eigenvalue weighted by molar-refractivity contribution is 0.105. The summed E-state index contributed by atoms with van der Waals surface area (Å²) >= 11 is 0. The second kappa shape index (κ2) is 8.03. The van der Waals surface area contributed by atoms with Crippen molar-refractivity contribution < 1.29 is 13.9 Å². The van der Waals surface area contributed by atoms with Crippen LogP contribution < -0.4 is 4.74 Å². The summed E-state index contributed by atoms with van der Waals surface area (Å²) in [5.41, 5.74) is 1.07. The third-order valence-corrected chi connectivity index (χ3v) is 2.91. The maximum absolute atomic E-state index is 13.3. The number of halogens is 1. The lowest BCUT2D eigenvalue weighted by Gasteiger charge is -2.08. The van der Waals surface area contributed by atoms with Gasteiger partial charge in [-0.05, 0) is 18.2 Å². The summed E-state index contributed by atoms with van der Waals surface area (Å²) < 4.78 is 24.3. The van der Waals surface area contributed by atoms with Crippen LogP contribution in [0, 0.1) is 17.1 Å². The lowest BCUT2D eigenvalue weighted by atomic mass is 10.2. The van der Waals surface area contributed by atoms with Gasteiger partial charge >= 0.3 is 0 Å². The van der Waals surface area contributed by atoms with Crippen LogP contribution in [0.25, 0.3) is 0 Å². The first-order valence-electron chi connectivity index (χ1n) is 6.74. The van der Waals surface area contributed by atoms with Crippen molar-refractivity contribution in [2.45, 2.75) is 13.0 Å². The molecule has 2 aromatic carbocycles. The maximum atomic E-state index is 13.3.